The lowest BCUT2D eigenvalue weighted by molar-refractivity contribution is 0.283. The molecule has 1 aromatic heterocycles. The second-order valence-corrected chi connectivity index (χ2v) is 3.99. The van der Waals surface area contributed by atoms with Gasteiger partial charge in [-0.15, -0.1) is 0 Å². The van der Waals surface area contributed by atoms with Crippen LogP contribution >= 0.6 is 0 Å². The summed E-state index contributed by atoms with van der Waals surface area (Å²) >= 11 is 0. The van der Waals surface area contributed by atoms with Gasteiger partial charge in [0.15, 0.2) is 6.61 Å². The van der Waals surface area contributed by atoms with E-state index in [1.807, 2.05) is 13.8 Å². The SMILES string of the molecule is CC(C)c1nc(COc2cccc(O)c2)no1. The molecule has 5 heteroatoms. The third-order valence-corrected chi connectivity index (χ3v) is 2.16. The van der Waals surface area contributed by atoms with E-state index in [1.54, 1.807) is 18.2 Å². The van der Waals surface area contributed by atoms with Crippen molar-refractivity contribution < 1.29 is 14.4 Å². The lowest BCUT2D eigenvalue weighted by Gasteiger charge is -2.02. The van der Waals surface area contributed by atoms with Crippen molar-refractivity contribution in [3.05, 3.63) is 36.0 Å². The largest absolute Gasteiger partial charge is 0.508 e. The van der Waals surface area contributed by atoms with Crippen molar-refractivity contribution in [2.75, 3.05) is 0 Å². The van der Waals surface area contributed by atoms with E-state index >= 15 is 0 Å². The average Bonchev–Trinajstić information content (AvgIpc) is 2.75. The molecule has 0 saturated heterocycles. The van der Waals surface area contributed by atoms with Gasteiger partial charge in [0.1, 0.15) is 11.5 Å². The molecule has 0 unspecified atom stereocenters. The molecule has 2 rings (SSSR count). The van der Waals surface area contributed by atoms with Gasteiger partial charge in [0.2, 0.25) is 11.7 Å². The number of aromatic hydroxyl groups is 1. The molecule has 0 spiro atoms. The number of phenolic OH excluding ortho intramolecular Hbond substituents is 1. The maximum Gasteiger partial charge on any atom is 0.229 e. The Balaban J connectivity index is 1.97. The van der Waals surface area contributed by atoms with Crippen LogP contribution in [0.3, 0.4) is 0 Å². The Morgan fingerprint density at radius 3 is 2.88 bits per heavy atom. The summed E-state index contributed by atoms with van der Waals surface area (Å²) in [6.07, 6.45) is 0. The Kier molecular flexibility index (Phi) is 3.27. The minimum atomic E-state index is 0.165. The molecule has 1 N–H and O–H groups in total. The summed E-state index contributed by atoms with van der Waals surface area (Å²) in [7, 11) is 0. The van der Waals surface area contributed by atoms with Crippen LogP contribution in [0.1, 0.15) is 31.5 Å². The second kappa shape index (κ2) is 4.86. The maximum absolute atomic E-state index is 9.26. The van der Waals surface area contributed by atoms with Crippen molar-refractivity contribution in [3.63, 3.8) is 0 Å². The molecule has 0 amide bonds. The number of nitrogens with zero attached hydrogens (tertiary/aromatic N) is 2. The van der Waals surface area contributed by atoms with Crippen LogP contribution in [0.25, 0.3) is 0 Å². The van der Waals surface area contributed by atoms with Crippen LogP contribution in [0.5, 0.6) is 11.5 Å². The summed E-state index contributed by atoms with van der Waals surface area (Å²) in [4.78, 5) is 4.18. The zero-order valence-electron chi connectivity index (χ0n) is 9.75. The highest BCUT2D eigenvalue weighted by molar-refractivity contribution is 5.31. The van der Waals surface area contributed by atoms with E-state index in [2.05, 4.69) is 10.1 Å². The highest BCUT2D eigenvalue weighted by Crippen LogP contribution is 2.18. The third kappa shape index (κ3) is 2.96. The van der Waals surface area contributed by atoms with Crippen LogP contribution in [0.2, 0.25) is 0 Å². The Morgan fingerprint density at radius 1 is 1.41 bits per heavy atom. The van der Waals surface area contributed by atoms with Gasteiger partial charge in [-0.05, 0) is 12.1 Å². The summed E-state index contributed by atoms with van der Waals surface area (Å²) in [5.74, 6) is 2.04. The normalized spacial score (nSPS) is 10.8. The molecule has 0 radical (unpaired) electrons. The number of hydrogen-bond donors (Lipinski definition) is 1. The standard InChI is InChI=1S/C12H14N2O3/c1-8(2)12-13-11(14-17-12)7-16-10-5-3-4-9(15)6-10/h3-6,8,15H,7H2,1-2H3. The second-order valence-electron chi connectivity index (χ2n) is 3.99. The van der Waals surface area contributed by atoms with Crippen LogP contribution in [0.15, 0.2) is 28.8 Å². The third-order valence-electron chi connectivity index (χ3n) is 2.16. The van der Waals surface area contributed by atoms with Crippen LogP contribution < -0.4 is 4.74 Å². The number of aromatic nitrogens is 2. The van der Waals surface area contributed by atoms with Crippen LogP contribution in [-0.2, 0) is 6.61 Å². The van der Waals surface area contributed by atoms with E-state index in [1.165, 1.54) is 6.07 Å². The van der Waals surface area contributed by atoms with Gasteiger partial charge in [0.25, 0.3) is 0 Å². The molecular weight excluding hydrogens is 220 g/mol. The zero-order valence-corrected chi connectivity index (χ0v) is 9.75. The number of phenols is 1. The quantitative estimate of drug-likeness (QED) is 0.880. The van der Waals surface area contributed by atoms with Crippen LogP contribution in [0.4, 0.5) is 0 Å². The summed E-state index contributed by atoms with van der Waals surface area (Å²) in [5, 5.41) is 13.1. The lowest BCUT2D eigenvalue weighted by Crippen LogP contribution is -1.98. The van der Waals surface area contributed by atoms with E-state index in [-0.39, 0.29) is 18.3 Å². The average molecular weight is 234 g/mol. The molecule has 0 atom stereocenters. The van der Waals surface area contributed by atoms with Crippen molar-refractivity contribution in [2.24, 2.45) is 0 Å². The highest BCUT2D eigenvalue weighted by atomic mass is 16.5. The molecule has 17 heavy (non-hydrogen) atoms. The Labute approximate surface area is 99.0 Å². The van der Waals surface area contributed by atoms with Crippen molar-refractivity contribution >= 4 is 0 Å². The predicted octanol–water partition coefficient (Wildman–Crippen LogP) is 2.48. The smallest absolute Gasteiger partial charge is 0.229 e. The van der Waals surface area contributed by atoms with Crippen molar-refractivity contribution in [1.82, 2.24) is 10.1 Å². The van der Waals surface area contributed by atoms with E-state index in [0.29, 0.717) is 17.5 Å². The molecule has 0 fully saturated rings. The van der Waals surface area contributed by atoms with Crippen molar-refractivity contribution in [3.8, 4) is 11.5 Å². The molecule has 0 aliphatic heterocycles. The minimum absolute atomic E-state index is 0.165. The first kappa shape index (κ1) is 11.4. The molecule has 0 saturated carbocycles. The molecule has 90 valence electrons. The fourth-order valence-corrected chi connectivity index (χ4v) is 1.28. The number of ether oxygens (including phenoxy) is 1. The van der Waals surface area contributed by atoms with Gasteiger partial charge in [0.05, 0.1) is 0 Å². The first-order valence-electron chi connectivity index (χ1n) is 5.39. The monoisotopic (exact) mass is 234 g/mol. The van der Waals surface area contributed by atoms with Crippen LogP contribution in [-0.4, -0.2) is 15.2 Å². The van der Waals surface area contributed by atoms with E-state index in [4.69, 9.17) is 9.26 Å². The molecule has 0 aliphatic rings. The highest BCUT2D eigenvalue weighted by Gasteiger charge is 2.10. The van der Waals surface area contributed by atoms with Gasteiger partial charge >= 0.3 is 0 Å². The van der Waals surface area contributed by atoms with E-state index in [9.17, 15) is 5.11 Å². The van der Waals surface area contributed by atoms with Gasteiger partial charge in [-0.2, -0.15) is 4.98 Å². The number of rotatable bonds is 4. The molecule has 1 aromatic carbocycles. The molecule has 0 aliphatic carbocycles. The van der Waals surface area contributed by atoms with Crippen molar-refractivity contribution in [1.29, 1.82) is 0 Å². The summed E-state index contributed by atoms with van der Waals surface area (Å²) < 4.78 is 10.5. The maximum atomic E-state index is 9.26. The fourth-order valence-electron chi connectivity index (χ4n) is 1.28. The Hall–Kier alpha value is -2.04. The lowest BCUT2D eigenvalue weighted by atomic mass is 10.2. The van der Waals surface area contributed by atoms with Gasteiger partial charge in [0, 0.05) is 12.0 Å². The molecule has 0 bridgehead atoms. The fraction of sp³-hybridized carbons (Fsp3) is 0.333. The predicted molar refractivity (Wildman–Crippen MR) is 60.8 cm³/mol. The number of benzene rings is 1. The molecule has 1 heterocycles. The van der Waals surface area contributed by atoms with Gasteiger partial charge in [-0.1, -0.05) is 25.1 Å². The zero-order chi connectivity index (χ0) is 12.3. The van der Waals surface area contributed by atoms with Gasteiger partial charge in [-0.3, -0.25) is 0 Å². The first-order chi connectivity index (χ1) is 8.15. The first-order valence-corrected chi connectivity index (χ1v) is 5.39. The van der Waals surface area contributed by atoms with Gasteiger partial charge < -0.3 is 14.4 Å². The summed E-state index contributed by atoms with van der Waals surface area (Å²) in [6.45, 7) is 4.18. The Morgan fingerprint density at radius 2 is 2.24 bits per heavy atom. The summed E-state index contributed by atoms with van der Waals surface area (Å²) in [6, 6.07) is 6.57. The van der Waals surface area contributed by atoms with Gasteiger partial charge in [-0.25, -0.2) is 0 Å². The van der Waals surface area contributed by atoms with Crippen LogP contribution in [0, 0.1) is 0 Å². The van der Waals surface area contributed by atoms with E-state index in [0.717, 1.165) is 0 Å². The van der Waals surface area contributed by atoms with Crippen molar-refractivity contribution in [2.45, 2.75) is 26.4 Å². The molecule has 5 nitrogen and oxygen atoms in total. The van der Waals surface area contributed by atoms with E-state index < -0.39 is 0 Å². The minimum Gasteiger partial charge on any atom is -0.508 e. The molecular formula is C12H14N2O3. The topological polar surface area (TPSA) is 68.4 Å². The Bertz CT molecular complexity index is 494. The molecule has 2 aromatic rings. The number of hydrogen-bond acceptors (Lipinski definition) is 5. The summed E-state index contributed by atoms with van der Waals surface area (Å²) in [5.41, 5.74) is 0.